The van der Waals surface area contributed by atoms with Gasteiger partial charge in [0.05, 0.1) is 6.54 Å². The van der Waals surface area contributed by atoms with Crippen LogP contribution in [0.2, 0.25) is 5.02 Å². The molecule has 0 radical (unpaired) electrons. The van der Waals surface area contributed by atoms with E-state index in [4.69, 9.17) is 16.6 Å². The fraction of sp³-hybridized carbons (Fsp3) is 0.650. The predicted octanol–water partition coefficient (Wildman–Crippen LogP) is 3.27. The second-order valence-electron chi connectivity index (χ2n) is 7.41. The van der Waals surface area contributed by atoms with Crippen LogP contribution in [-0.2, 0) is 5.41 Å². The molecule has 1 aromatic rings. The Balaban J connectivity index is 1.57. The van der Waals surface area contributed by atoms with Crippen LogP contribution in [0, 0.1) is 5.92 Å². The highest BCUT2D eigenvalue weighted by Crippen LogP contribution is 2.48. The number of rotatable bonds is 7. The van der Waals surface area contributed by atoms with Crippen molar-refractivity contribution < 1.29 is 0 Å². The van der Waals surface area contributed by atoms with Crippen LogP contribution in [0.1, 0.15) is 38.7 Å². The van der Waals surface area contributed by atoms with Gasteiger partial charge in [-0.25, -0.2) is 0 Å². The Hall–Kier alpha value is -1.26. The second kappa shape index (κ2) is 8.41. The van der Waals surface area contributed by atoms with E-state index in [2.05, 4.69) is 41.5 Å². The molecule has 2 N–H and O–H groups in total. The molecule has 1 unspecified atom stereocenters. The van der Waals surface area contributed by atoms with Gasteiger partial charge in [0.25, 0.3) is 0 Å². The van der Waals surface area contributed by atoms with Crippen molar-refractivity contribution in [3.05, 3.63) is 34.9 Å². The van der Waals surface area contributed by atoms with Crippen molar-refractivity contribution in [2.75, 3.05) is 39.3 Å². The molecule has 2 aliphatic rings. The molecule has 1 saturated heterocycles. The van der Waals surface area contributed by atoms with Gasteiger partial charge in [-0.15, -0.1) is 0 Å². The number of hydrogen-bond donors (Lipinski definition) is 2. The summed E-state index contributed by atoms with van der Waals surface area (Å²) in [7, 11) is 0. The number of hydrogen-bond acceptors (Lipinski definition) is 2. The summed E-state index contributed by atoms with van der Waals surface area (Å²) < 4.78 is 0. The molecular formula is C20H31ClN4. The number of halogens is 1. The maximum atomic E-state index is 6.17. The van der Waals surface area contributed by atoms with E-state index in [9.17, 15) is 0 Å². The first-order valence-electron chi connectivity index (χ1n) is 9.66. The van der Waals surface area contributed by atoms with E-state index in [-0.39, 0.29) is 5.41 Å². The summed E-state index contributed by atoms with van der Waals surface area (Å²) in [6.07, 6.45) is 3.68. The highest BCUT2D eigenvalue weighted by molar-refractivity contribution is 6.30. The van der Waals surface area contributed by atoms with Gasteiger partial charge < -0.3 is 15.5 Å². The van der Waals surface area contributed by atoms with Crippen LogP contribution in [0.25, 0.3) is 0 Å². The van der Waals surface area contributed by atoms with Crippen LogP contribution in [0.4, 0.5) is 0 Å². The van der Waals surface area contributed by atoms with Gasteiger partial charge in [-0.1, -0.05) is 30.7 Å². The first kappa shape index (κ1) is 18.5. The van der Waals surface area contributed by atoms with Crippen molar-refractivity contribution in [1.29, 1.82) is 0 Å². The SMILES string of the molecule is CCNC(=NCC1(c2cccc(Cl)c2)CC1)NCC1CCN(CC)C1. The number of benzene rings is 1. The lowest BCUT2D eigenvalue weighted by atomic mass is 9.96. The number of aliphatic imine (C=N–C) groups is 1. The lowest BCUT2D eigenvalue weighted by molar-refractivity contribution is 0.342. The van der Waals surface area contributed by atoms with Gasteiger partial charge in [0.15, 0.2) is 5.96 Å². The van der Waals surface area contributed by atoms with E-state index in [0.717, 1.165) is 43.1 Å². The number of nitrogens with zero attached hydrogens (tertiary/aromatic N) is 2. The lowest BCUT2D eigenvalue weighted by Crippen LogP contribution is -2.40. The summed E-state index contributed by atoms with van der Waals surface area (Å²) in [5.74, 6) is 1.68. The maximum Gasteiger partial charge on any atom is 0.191 e. The fourth-order valence-corrected chi connectivity index (χ4v) is 3.88. The molecule has 0 aromatic heterocycles. The molecule has 138 valence electrons. The average Bonchev–Trinajstić information content (AvgIpc) is 3.27. The molecule has 3 rings (SSSR count). The molecule has 1 heterocycles. The zero-order valence-electron chi connectivity index (χ0n) is 15.5. The summed E-state index contributed by atoms with van der Waals surface area (Å²) in [5, 5.41) is 7.77. The molecule has 2 fully saturated rings. The summed E-state index contributed by atoms with van der Waals surface area (Å²) in [5.41, 5.74) is 1.52. The molecule has 0 spiro atoms. The molecule has 1 atom stereocenters. The van der Waals surface area contributed by atoms with E-state index < -0.39 is 0 Å². The van der Waals surface area contributed by atoms with Crippen molar-refractivity contribution in [2.24, 2.45) is 10.9 Å². The van der Waals surface area contributed by atoms with Crippen LogP contribution < -0.4 is 10.6 Å². The van der Waals surface area contributed by atoms with Gasteiger partial charge in [-0.2, -0.15) is 0 Å². The average molecular weight is 363 g/mol. The van der Waals surface area contributed by atoms with E-state index in [1.807, 2.05) is 12.1 Å². The molecular weight excluding hydrogens is 332 g/mol. The number of nitrogens with one attached hydrogen (secondary N) is 2. The normalized spacial score (nSPS) is 22.8. The summed E-state index contributed by atoms with van der Waals surface area (Å²) in [6.45, 7) is 10.7. The highest BCUT2D eigenvalue weighted by atomic mass is 35.5. The molecule has 25 heavy (non-hydrogen) atoms. The molecule has 5 heteroatoms. The molecule has 1 aliphatic heterocycles. The minimum atomic E-state index is 0.194. The monoisotopic (exact) mass is 362 g/mol. The summed E-state index contributed by atoms with van der Waals surface area (Å²) in [6, 6.07) is 8.27. The Kier molecular flexibility index (Phi) is 6.24. The van der Waals surface area contributed by atoms with Crippen molar-refractivity contribution in [3.63, 3.8) is 0 Å². The van der Waals surface area contributed by atoms with Gasteiger partial charge >= 0.3 is 0 Å². The van der Waals surface area contributed by atoms with Crippen molar-refractivity contribution >= 4 is 17.6 Å². The van der Waals surface area contributed by atoms with E-state index >= 15 is 0 Å². The summed E-state index contributed by atoms with van der Waals surface area (Å²) >= 11 is 6.17. The smallest absolute Gasteiger partial charge is 0.191 e. The van der Waals surface area contributed by atoms with Crippen molar-refractivity contribution in [3.8, 4) is 0 Å². The van der Waals surface area contributed by atoms with Crippen LogP contribution in [0.15, 0.2) is 29.3 Å². The zero-order valence-corrected chi connectivity index (χ0v) is 16.3. The Labute approximate surface area is 157 Å². The van der Waals surface area contributed by atoms with Gasteiger partial charge in [-0.05, 0) is 62.9 Å². The fourth-order valence-electron chi connectivity index (χ4n) is 3.69. The zero-order chi connectivity index (χ0) is 17.7. The van der Waals surface area contributed by atoms with Crippen LogP contribution >= 0.6 is 11.6 Å². The standard InChI is InChI=1S/C20H31ClN4/c1-3-22-19(23-13-16-8-11-25(4-2)14-16)24-15-20(9-10-20)17-6-5-7-18(21)12-17/h5-7,12,16H,3-4,8-11,13-15H2,1-2H3,(H2,22,23,24). The molecule has 1 saturated carbocycles. The third-order valence-electron chi connectivity index (χ3n) is 5.55. The molecule has 1 aliphatic carbocycles. The molecule has 0 bridgehead atoms. The van der Waals surface area contributed by atoms with E-state index in [1.54, 1.807) is 0 Å². The topological polar surface area (TPSA) is 39.7 Å². The molecule has 4 nitrogen and oxygen atoms in total. The minimum Gasteiger partial charge on any atom is -0.357 e. The Morgan fingerprint density at radius 1 is 1.32 bits per heavy atom. The third kappa shape index (κ3) is 4.89. The van der Waals surface area contributed by atoms with Crippen molar-refractivity contribution in [2.45, 2.75) is 38.5 Å². The molecule has 1 aromatic carbocycles. The number of likely N-dealkylation sites (tertiary alicyclic amines) is 1. The van der Waals surface area contributed by atoms with Crippen LogP contribution in [0.3, 0.4) is 0 Å². The van der Waals surface area contributed by atoms with E-state index in [1.165, 1.54) is 37.9 Å². The third-order valence-corrected chi connectivity index (χ3v) is 5.79. The van der Waals surface area contributed by atoms with Gasteiger partial charge in [-0.3, -0.25) is 4.99 Å². The van der Waals surface area contributed by atoms with E-state index in [0.29, 0.717) is 0 Å². The van der Waals surface area contributed by atoms with Gasteiger partial charge in [0, 0.05) is 30.1 Å². The first-order valence-corrected chi connectivity index (χ1v) is 10.0. The molecule has 0 amide bonds. The van der Waals surface area contributed by atoms with Crippen LogP contribution in [-0.4, -0.2) is 50.1 Å². The van der Waals surface area contributed by atoms with Crippen LogP contribution in [0.5, 0.6) is 0 Å². The second-order valence-corrected chi connectivity index (χ2v) is 7.85. The minimum absolute atomic E-state index is 0.194. The summed E-state index contributed by atoms with van der Waals surface area (Å²) in [4.78, 5) is 7.41. The van der Waals surface area contributed by atoms with Gasteiger partial charge in [0.2, 0.25) is 0 Å². The van der Waals surface area contributed by atoms with Gasteiger partial charge in [0.1, 0.15) is 0 Å². The highest BCUT2D eigenvalue weighted by Gasteiger charge is 2.44. The quantitative estimate of drug-likeness (QED) is 0.577. The lowest BCUT2D eigenvalue weighted by Gasteiger charge is -2.18. The van der Waals surface area contributed by atoms with Crippen molar-refractivity contribution in [1.82, 2.24) is 15.5 Å². The first-order chi connectivity index (χ1) is 12.1. The maximum absolute atomic E-state index is 6.17. The Morgan fingerprint density at radius 3 is 2.80 bits per heavy atom. The Morgan fingerprint density at radius 2 is 2.16 bits per heavy atom. The Bertz CT molecular complexity index is 597. The largest absolute Gasteiger partial charge is 0.357 e. The predicted molar refractivity (Wildman–Crippen MR) is 107 cm³/mol. The number of guanidine groups is 1.